The van der Waals surface area contributed by atoms with Crippen LogP contribution in [-0.4, -0.2) is 78.5 Å². The van der Waals surface area contributed by atoms with Crippen molar-refractivity contribution in [1.82, 2.24) is 5.32 Å². The van der Waals surface area contributed by atoms with Gasteiger partial charge in [-0.1, -0.05) is 13.8 Å². The Morgan fingerprint density at radius 1 is 0.750 bits per heavy atom. The summed E-state index contributed by atoms with van der Waals surface area (Å²) in [5.41, 5.74) is 0. The van der Waals surface area contributed by atoms with Crippen LogP contribution in [0.15, 0.2) is 0 Å². The fraction of sp³-hybridized carbons (Fsp3) is 0.941. The van der Waals surface area contributed by atoms with E-state index in [4.69, 9.17) is 23.7 Å². The lowest BCUT2D eigenvalue weighted by Crippen LogP contribution is -2.28. The van der Waals surface area contributed by atoms with Crippen LogP contribution in [0.5, 0.6) is 0 Å². The van der Waals surface area contributed by atoms with E-state index in [0.717, 1.165) is 0 Å². The fourth-order valence-corrected chi connectivity index (χ4v) is 1.73. The van der Waals surface area contributed by atoms with E-state index >= 15 is 0 Å². The van der Waals surface area contributed by atoms with E-state index < -0.39 is 0 Å². The van der Waals surface area contributed by atoms with Crippen molar-refractivity contribution in [2.24, 2.45) is 5.92 Å². The molecule has 1 amide bonds. The zero-order valence-corrected chi connectivity index (χ0v) is 15.5. The Bertz CT molecular complexity index is 276. The molecule has 0 heterocycles. The molecule has 0 bridgehead atoms. The van der Waals surface area contributed by atoms with Crippen LogP contribution in [0.1, 0.15) is 27.2 Å². The molecule has 0 aliphatic heterocycles. The van der Waals surface area contributed by atoms with Crippen molar-refractivity contribution in [1.29, 1.82) is 0 Å². The Morgan fingerprint density at radius 3 is 1.58 bits per heavy atom. The first-order valence-corrected chi connectivity index (χ1v) is 8.82. The molecular formula is C17H35NO6. The molecule has 0 aliphatic carbocycles. The molecule has 0 saturated heterocycles. The van der Waals surface area contributed by atoms with Gasteiger partial charge in [0.25, 0.3) is 0 Å². The van der Waals surface area contributed by atoms with Crippen LogP contribution in [0.3, 0.4) is 0 Å². The highest BCUT2D eigenvalue weighted by Gasteiger charge is 2.03. The smallest absolute Gasteiger partial charge is 0.220 e. The number of hydrogen-bond acceptors (Lipinski definition) is 6. The molecule has 0 aromatic carbocycles. The molecule has 0 aliphatic rings. The van der Waals surface area contributed by atoms with Gasteiger partial charge in [0.15, 0.2) is 0 Å². The lowest BCUT2D eigenvalue weighted by atomic mass is 10.1. The summed E-state index contributed by atoms with van der Waals surface area (Å²) in [7, 11) is 0. The molecule has 0 aromatic rings. The second-order valence-corrected chi connectivity index (χ2v) is 5.59. The van der Waals surface area contributed by atoms with Crippen molar-refractivity contribution < 1.29 is 28.5 Å². The summed E-state index contributed by atoms with van der Waals surface area (Å²) in [6, 6.07) is 0. The van der Waals surface area contributed by atoms with Crippen molar-refractivity contribution in [3.63, 3.8) is 0 Å². The number of carbonyl (C=O) groups excluding carboxylic acids is 1. The molecule has 144 valence electrons. The van der Waals surface area contributed by atoms with Gasteiger partial charge < -0.3 is 29.0 Å². The highest BCUT2D eigenvalue weighted by atomic mass is 16.6. The van der Waals surface area contributed by atoms with Gasteiger partial charge in [-0.15, -0.1) is 0 Å². The minimum atomic E-state index is 0.0730. The molecule has 24 heavy (non-hydrogen) atoms. The Balaban J connectivity index is 3.06. The highest BCUT2D eigenvalue weighted by molar-refractivity contribution is 5.75. The summed E-state index contributed by atoms with van der Waals surface area (Å²) in [5.74, 6) is 0.451. The molecular weight excluding hydrogens is 314 g/mol. The van der Waals surface area contributed by atoms with Crippen LogP contribution in [-0.2, 0) is 28.5 Å². The third-order valence-electron chi connectivity index (χ3n) is 2.85. The van der Waals surface area contributed by atoms with Gasteiger partial charge in [0.2, 0.25) is 5.91 Å². The maximum Gasteiger partial charge on any atom is 0.220 e. The second-order valence-electron chi connectivity index (χ2n) is 5.59. The number of hydrogen-bond donors (Lipinski definition) is 1. The monoisotopic (exact) mass is 349 g/mol. The van der Waals surface area contributed by atoms with Gasteiger partial charge in [0.1, 0.15) is 0 Å². The highest BCUT2D eigenvalue weighted by Crippen LogP contribution is 1.97. The maximum absolute atomic E-state index is 11.4. The Hall–Kier alpha value is -0.730. The molecule has 7 heteroatoms. The standard InChI is InChI=1S/C17H35NO6/c1-4-20-7-8-22-11-12-24-14-13-23-10-9-21-6-5-18-17(19)15-16(2)3/h16H,4-15H2,1-3H3,(H,18,19). The van der Waals surface area contributed by atoms with Gasteiger partial charge in [-0.25, -0.2) is 0 Å². The van der Waals surface area contributed by atoms with E-state index in [0.29, 0.717) is 85.0 Å². The topological polar surface area (TPSA) is 75.2 Å². The van der Waals surface area contributed by atoms with Crippen molar-refractivity contribution in [2.75, 3.05) is 72.6 Å². The first-order chi connectivity index (χ1) is 11.7. The van der Waals surface area contributed by atoms with Gasteiger partial charge in [0.05, 0.1) is 59.5 Å². The maximum atomic E-state index is 11.4. The largest absolute Gasteiger partial charge is 0.379 e. The van der Waals surface area contributed by atoms with E-state index in [9.17, 15) is 4.79 Å². The Labute approximate surface area is 146 Å². The van der Waals surface area contributed by atoms with Gasteiger partial charge in [-0.2, -0.15) is 0 Å². The van der Waals surface area contributed by atoms with E-state index in [-0.39, 0.29) is 5.91 Å². The van der Waals surface area contributed by atoms with Crippen LogP contribution in [0.25, 0.3) is 0 Å². The van der Waals surface area contributed by atoms with Crippen LogP contribution >= 0.6 is 0 Å². The third kappa shape index (κ3) is 19.3. The predicted octanol–water partition coefficient (Wildman–Crippen LogP) is 1.25. The van der Waals surface area contributed by atoms with E-state index in [1.54, 1.807) is 0 Å². The van der Waals surface area contributed by atoms with E-state index in [1.807, 2.05) is 20.8 Å². The van der Waals surface area contributed by atoms with Gasteiger partial charge in [0, 0.05) is 19.6 Å². The molecule has 0 atom stereocenters. The van der Waals surface area contributed by atoms with Crippen LogP contribution in [0, 0.1) is 5.92 Å². The molecule has 0 fully saturated rings. The Morgan fingerprint density at radius 2 is 1.17 bits per heavy atom. The van der Waals surface area contributed by atoms with E-state index in [2.05, 4.69) is 5.32 Å². The molecule has 7 nitrogen and oxygen atoms in total. The van der Waals surface area contributed by atoms with Crippen LogP contribution in [0.4, 0.5) is 0 Å². The van der Waals surface area contributed by atoms with Crippen molar-refractivity contribution in [2.45, 2.75) is 27.2 Å². The number of nitrogens with one attached hydrogen (secondary N) is 1. The van der Waals surface area contributed by atoms with Crippen molar-refractivity contribution >= 4 is 5.91 Å². The summed E-state index contributed by atoms with van der Waals surface area (Å²) in [5, 5.41) is 2.82. The minimum absolute atomic E-state index is 0.0730. The third-order valence-corrected chi connectivity index (χ3v) is 2.85. The number of amides is 1. The molecule has 0 radical (unpaired) electrons. The first-order valence-electron chi connectivity index (χ1n) is 8.82. The average molecular weight is 349 g/mol. The SMILES string of the molecule is CCOCCOCCOCCOCCOCCNC(=O)CC(C)C. The van der Waals surface area contributed by atoms with Gasteiger partial charge in [-0.05, 0) is 12.8 Å². The normalized spacial score (nSPS) is 11.2. The van der Waals surface area contributed by atoms with Crippen LogP contribution < -0.4 is 5.32 Å². The first kappa shape index (κ1) is 23.3. The molecule has 0 spiro atoms. The molecule has 0 aromatic heterocycles. The quantitative estimate of drug-likeness (QED) is 0.375. The molecule has 0 saturated carbocycles. The molecule has 0 rings (SSSR count). The minimum Gasteiger partial charge on any atom is -0.379 e. The van der Waals surface area contributed by atoms with Gasteiger partial charge in [-0.3, -0.25) is 4.79 Å². The summed E-state index contributed by atoms with van der Waals surface area (Å²) >= 11 is 0. The predicted molar refractivity (Wildman–Crippen MR) is 92.2 cm³/mol. The molecule has 1 N–H and O–H groups in total. The molecule has 0 unspecified atom stereocenters. The lowest BCUT2D eigenvalue weighted by molar-refractivity contribution is -0.122. The average Bonchev–Trinajstić information content (AvgIpc) is 2.53. The number of carbonyl (C=O) groups is 1. The van der Waals surface area contributed by atoms with Crippen LogP contribution in [0.2, 0.25) is 0 Å². The summed E-state index contributed by atoms with van der Waals surface area (Å²) in [4.78, 5) is 11.4. The second kappa shape index (κ2) is 18.6. The lowest BCUT2D eigenvalue weighted by Gasteiger charge is -2.09. The zero-order chi connectivity index (χ0) is 17.9. The zero-order valence-electron chi connectivity index (χ0n) is 15.5. The summed E-state index contributed by atoms with van der Waals surface area (Å²) < 4.78 is 26.6. The van der Waals surface area contributed by atoms with E-state index in [1.165, 1.54) is 0 Å². The van der Waals surface area contributed by atoms with Crippen molar-refractivity contribution in [3.05, 3.63) is 0 Å². The fourth-order valence-electron chi connectivity index (χ4n) is 1.73. The van der Waals surface area contributed by atoms with Crippen molar-refractivity contribution in [3.8, 4) is 0 Å². The summed E-state index contributed by atoms with van der Waals surface area (Å²) in [6.07, 6.45) is 0.556. The summed E-state index contributed by atoms with van der Waals surface area (Å²) in [6.45, 7) is 12.2. The number of ether oxygens (including phenoxy) is 5. The Kier molecular flexibility index (Phi) is 18.0. The number of rotatable bonds is 18. The van der Waals surface area contributed by atoms with Gasteiger partial charge >= 0.3 is 0 Å².